The smallest absolute Gasteiger partial charge is 0.319 e. The molecule has 4 heteroatoms. The van der Waals surface area contributed by atoms with Crippen molar-refractivity contribution in [2.75, 3.05) is 17.7 Å². The van der Waals surface area contributed by atoms with Gasteiger partial charge in [0.25, 0.3) is 0 Å². The molecule has 2 nitrogen and oxygen atoms in total. The van der Waals surface area contributed by atoms with Crippen LogP contribution in [-0.2, 0) is 0 Å². The summed E-state index contributed by atoms with van der Waals surface area (Å²) in [5.41, 5.74) is 0.915. The number of hydrogen-bond acceptors (Lipinski definition) is 2. The first-order valence-corrected chi connectivity index (χ1v) is 5.11. The summed E-state index contributed by atoms with van der Waals surface area (Å²) in [6.45, 7) is 1.30. The fourth-order valence-electron chi connectivity index (χ4n) is 1.35. The quantitative estimate of drug-likeness (QED) is 0.473. The van der Waals surface area contributed by atoms with Crippen molar-refractivity contribution in [3.05, 3.63) is 24.3 Å². The predicted octanol–water partition coefficient (Wildman–Crippen LogP) is 0.854. The Balaban J connectivity index is 2.37. The third-order valence-corrected chi connectivity index (χ3v) is 2.91. The van der Waals surface area contributed by atoms with E-state index < -0.39 is 10.0 Å². The number of halogens is 1. The van der Waals surface area contributed by atoms with Gasteiger partial charge in [-0.2, -0.15) is 0 Å². The second kappa shape index (κ2) is 3.14. The second-order valence-corrected chi connectivity index (χ2v) is 3.70. The van der Waals surface area contributed by atoms with Crippen molar-refractivity contribution in [3.8, 4) is 5.75 Å². The summed E-state index contributed by atoms with van der Waals surface area (Å²) in [6, 6.07) is 7.60. The molecule has 64 valence electrons. The van der Waals surface area contributed by atoms with Gasteiger partial charge in [-0.3, -0.25) is 4.11 Å². The van der Waals surface area contributed by atoms with Gasteiger partial charge in [0.1, 0.15) is 12.4 Å². The number of benzene rings is 1. The number of nitrogens with zero attached hydrogens (tertiary/aromatic N) is 1. The summed E-state index contributed by atoms with van der Waals surface area (Å²) in [6.07, 6.45) is 0. The molecule has 2 rings (SSSR count). The van der Waals surface area contributed by atoms with E-state index in [2.05, 4.69) is 0 Å². The SMILES string of the molecule is F[SiH2]N1CCOc2ccccc21. The van der Waals surface area contributed by atoms with Crippen molar-refractivity contribution >= 4 is 15.7 Å². The molecule has 0 radical (unpaired) electrons. The number of para-hydroxylation sites is 2. The molecular weight excluding hydrogens is 173 g/mol. The number of fused-ring (bicyclic) bond motifs is 1. The van der Waals surface area contributed by atoms with Crippen LogP contribution in [0.1, 0.15) is 0 Å². The third-order valence-electron chi connectivity index (χ3n) is 1.97. The Kier molecular flexibility index (Phi) is 1.99. The van der Waals surface area contributed by atoms with Crippen LogP contribution in [0.3, 0.4) is 0 Å². The third kappa shape index (κ3) is 1.18. The molecule has 1 aromatic rings. The van der Waals surface area contributed by atoms with Crippen LogP contribution in [0.5, 0.6) is 5.75 Å². The molecule has 1 aromatic carbocycles. The van der Waals surface area contributed by atoms with Crippen LogP contribution in [-0.4, -0.2) is 23.2 Å². The summed E-state index contributed by atoms with van der Waals surface area (Å²) < 4.78 is 19.7. The summed E-state index contributed by atoms with van der Waals surface area (Å²) >= 11 is 0. The highest BCUT2D eigenvalue weighted by Crippen LogP contribution is 2.29. The van der Waals surface area contributed by atoms with Crippen LogP contribution in [0, 0.1) is 0 Å². The zero-order valence-corrected chi connectivity index (χ0v) is 8.08. The molecular formula is C8H10FNOSi. The van der Waals surface area contributed by atoms with E-state index in [-0.39, 0.29) is 0 Å². The molecule has 0 bridgehead atoms. The molecule has 1 heterocycles. The Bertz CT molecular complexity index is 282. The molecule has 1 aliphatic heterocycles. The minimum absolute atomic E-state index is 0.605. The van der Waals surface area contributed by atoms with Gasteiger partial charge in [0, 0.05) is 6.54 Å². The Morgan fingerprint density at radius 2 is 2.25 bits per heavy atom. The first-order valence-electron chi connectivity index (χ1n) is 3.94. The van der Waals surface area contributed by atoms with Crippen molar-refractivity contribution in [3.63, 3.8) is 0 Å². The van der Waals surface area contributed by atoms with Gasteiger partial charge in [0.15, 0.2) is 0 Å². The second-order valence-electron chi connectivity index (χ2n) is 2.70. The topological polar surface area (TPSA) is 12.5 Å². The Morgan fingerprint density at radius 3 is 3.08 bits per heavy atom. The van der Waals surface area contributed by atoms with E-state index in [1.165, 1.54) is 0 Å². The van der Waals surface area contributed by atoms with Crippen molar-refractivity contribution in [1.29, 1.82) is 0 Å². The van der Waals surface area contributed by atoms with Crippen LogP contribution >= 0.6 is 0 Å². The Labute approximate surface area is 73.0 Å². The number of hydrogen-bond donors (Lipinski definition) is 0. The number of rotatable bonds is 1. The van der Waals surface area contributed by atoms with E-state index in [4.69, 9.17) is 4.74 Å². The van der Waals surface area contributed by atoms with E-state index in [1.807, 2.05) is 24.3 Å². The van der Waals surface area contributed by atoms with E-state index in [0.29, 0.717) is 13.2 Å². The van der Waals surface area contributed by atoms with Gasteiger partial charge in [-0.15, -0.1) is 0 Å². The molecule has 1 aliphatic rings. The first kappa shape index (κ1) is 7.61. The molecule has 0 saturated heterocycles. The summed E-state index contributed by atoms with van der Waals surface area (Å²) in [5, 5.41) is 0. The Morgan fingerprint density at radius 1 is 1.42 bits per heavy atom. The van der Waals surface area contributed by atoms with Crippen LogP contribution in [0.2, 0.25) is 0 Å². The maximum atomic E-state index is 12.6. The lowest BCUT2D eigenvalue weighted by atomic mass is 10.2. The summed E-state index contributed by atoms with van der Waals surface area (Å²) in [4.78, 5) is 0. The van der Waals surface area contributed by atoms with Crippen molar-refractivity contribution in [1.82, 2.24) is 0 Å². The fourth-order valence-corrected chi connectivity index (χ4v) is 1.99. The normalized spacial score (nSPS) is 16.2. The molecule has 0 aromatic heterocycles. The minimum Gasteiger partial charge on any atom is -0.490 e. The Hall–Kier alpha value is -1.03. The molecule has 0 fully saturated rings. The molecule has 0 unspecified atom stereocenters. The zero-order valence-electron chi connectivity index (χ0n) is 6.66. The average Bonchev–Trinajstić information content (AvgIpc) is 2.17. The van der Waals surface area contributed by atoms with E-state index >= 15 is 0 Å². The molecule has 0 saturated carbocycles. The first-order chi connectivity index (χ1) is 5.92. The number of ether oxygens (including phenoxy) is 1. The highest BCUT2D eigenvalue weighted by atomic mass is 28.3. The maximum Gasteiger partial charge on any atom is 0.319 e. The van der Waals surface area contributed by atoms with Gasteiger partial charge in [-0.05, 0) is 12.1 Å². The fraction of sp³-hybridized carbons (Fsp3) is 0.250. The monoisotopic (exact) mass is 183 g/mol. The lowest BCUT2D eigenvalue weighted by Crippen LogP contribution is -2.33. The van der Waals surface area contributed by atoms with E-state index in [9.17, 15) is 4.11 Å². The molecule has 0 spiro atoms. The molecule has 0 N–H and O–H groups in total. The van der Waals surface area contributed by atoms with Crippen molar-refractivity contribution in [2.45, 2.75) is 0 Å². The van der Waals surface area contributed by atoms with Gasteiger partial charge < -0.3 is 9.30 Å². The summed E-state index contributed by atoms with van der Waals surface area (Å²) in [7, 11) is -1.59. The van der Waals surface area contributed by atoms with Crippen LogP contribution in [0.25, 0.3) is 0 Å². The van der Waals surface area contributed by atoms with Crippen molar-refractivity contribution < 1.29 is 8.84 Å². The van der Waals surface area contributed by atoms with E-state index in [0.717, 1.165) is 11.4 Å². The molecule has 0 amide bonds. The van der Waals surface area contributed by atoms with Crippen molar-refractivity contribution in [2.24, 2.45) is 0 Å². The molecule has 0 atom stereocenters. The standard InChI is InChI=1S/C8H10FNOSi/c9-12-10-5-6-11-8-4-2-1-3-7(8)10/h1-4H,5-6,12H2. The van der Waals surface area contributed by atoms with Gasteiger partial charge in [0.05, 0.1) is 5.69 Å². The highest BCUT2D eigenvalue weighted by Gasteiger charge is 2.16. The maximum absolute atomic E-state index is 12.6. The predicted molar refractivity (Wildman–Crippen MR) is 48.9 cm³/mol. The largest absolute Gasteiger partial charge is 0.490 e. The minimum atomic E-state index is -1.59. The lowest BCUT2D eigenvalue weighted by Gasteiger charge is -2.28. The van der Waals surface area contributed by atoms with Crippen LogP contribution < -0.4 is 9.30 Å². The molecule has 0 aliphatic carbocycles. The van der Waals surface area contributed by atoms with Crippen LogP contribution in [0.15, 0.2) is 24.3 Å². The summed E-state index contributed by atoms with van der Waals surface area (Å²) in [5.74, 6) is 0.814. The van der Waals surface area contributed by atoms with Crippen LogP contribution in [0.4, 0.5) is 9.80 Å². The van der Waals surface area contributed by atoms with E-state index in [1.54, 1.807) is 4.57 Å². The van der Waals surface area contributed by atoms with Gasteiger partial charge in [-0.25, -0.2) is 0 Å². The number of anilines is 1. The van der Waals surface area contributed by atoms with Gasteiger partial charge >= 0.3 is 10.0 Å². The van der Waals surface area contributed by atoms with Gasteiger partial charge in [-0.1, -0.05) is 12.1 Å². The zero-order chi connectivity index (χ0) is 8.39. The molecule has 12 heavy (non-hydrogen) atoms. The lowest BCUT2D eigenvalue weighted by molar-refractivity contribution is 0.315. The highest BCUT2D eigenvalue weighted by molar-refractivity contribution is 6.33. The van der Waals surface area contributed by atoms with Gasteiger partial charge in [0.2, 0.25) is 0 Å². The average molecular weight is 183 g/mol.